The lowest BCUT2D eigenvalue weighted by molar-refractivity contribution is 0.186. The van der Waals surface area contributed by atoms with Crippen LogP contribution < -0.4 is 5.73 Å². The van der Waals surface area contributed by atoms with Crippen LogP contribution >= 0.6 is 0 Å². The minimum absolute atomic E-state index is 0.125. The summed E-state index contributed by atoms with van der Waals surface area (Å²) in [6.07, 6.45) is 0. The zero-order chi connectivity index (χ0) is 5.41. The number of nitrogens with two attached hydrogens (primary N) is 1. The first-order valence-electron chi connectivity index (χ1n) is 1.71. The highest BCUT2D eigenvalue weighted by Gasteiger charge is 1.58. The summed E-state index contributed by atoms with van der Waals surface area (Å²) in [7, 11) is 1.50. The molecule has 40 valence electrons. The molecule has 0 aromatic carbocycles. The molecule has 0 aliphatic carbocycles. The van der Waals surface area contributed by atoms with Crippen LogP contribution in [-0.4, -0.2) is 30.5 Å². The molecule has 0 rings (SSSR count). The molecule has 0 fully saturated rings. The molecule has 3 nitrogen and oxygen atoms in total. The van der Waals surface area contributed by atoms with Crippen molar-refractivity contribution >= 4 is 0 Å². The lowest BCUT2D eigenvalue weighted by atomic mass is 10.8. The van der Waals surface area contributed by atoms with E-state index in [-0.39, 0.29) is 13.2 Å². The molecular weight excluding hydrogens is 82.0 g/mol. The monoisotopic (exact) mass is 93.1 g/mol. The Balaban J connectivity index is 0. The quantitative estimate of drug-likeness (QED) is 0.371. The Labute approximate surface area is 37.4 Å². The van der Waals surface area contributed by atoms with E-state index in [0.717, 1.165) is 0 Å². The van der Waals surface area contributed by atoms with Gasteiger partial charge in [-0.05, 0) is 7.05 Å². The van der Waals surface area contributed by atoms with Crippen LogP contribution in [0.5, 0.6) is 0 Å². The molecule has 4 N–H and O–H groups in total. The van der Waals surface area contributed by atoms with E-state index >= 15 is 0 Å². The SMILES string of the molecule is CN.OCCO. The van der Waals surface area contributed by atoms with Gasteiger partial charge in [-0.15, -0.1) is 0 Å². The summed E-state index contributed by atoms with van der Waals surface area (Å²) < 4.78 is 0. The van der Waals surface area contributed by atoms with Crippen LogP contribution in [-0.2, 0) is 0 Å². The Hall–Kier alpha value is -0.120. The highest BCUT2D eigenvalue weighted by molar-refractivity contribution is 4.06. The summed E-state index contributed by atoms with van der Waals surface area (Å²) in [6, 6.07) is 0. The van der Waals surface area contributed by atoms with Crippen molar-refractivity contribution in [2.45, 2.75) is 0 Å². The first-order valence-corrected chi connectivity index (χ1v) is 1.71. The zero-order valence-electron chi connectivity index (χ0n) is 3.89. The van der Waals surface area contributed by atoms with Crippen molar-refractivity contribution in [3.05, 3.63) is 0 Å². The maximum absolute atomic E-state index is 7.62. The van der Waals surface area contributed by atoms with E-state index in [2.05, 4.69) is 5.73 Å². The molecule has 0 aliphatic rings. The maximum atomic E-state index is 7.62. The number of hydrogen-bond acceptors (Lipinski definition) is 3. The normalized spacial score (nSPS) is 6.00. The van der Waals surface area contributed by atoms with E-state index < -0.39 is 0 Å². The van der Waals surface area contributed by atoms with Gasteiger partial charge >= 0.3 is 0 Å². The van der Waals surface area contributed by atoms with Crippen LogP contribution in [0.1, 0.15) is 0 Å². The Kier molecular flexibility index (Phi) is 32.2. The van der Waals surface area contributed by atoms with Crippen LogP contribution in [0.2, 0.25) is 0 Å². The van der Waals surface area contributed by atoms with Gasteiger partial charge in [-0.25, -0.2) is 0 Å². The maximum Gasteiger partial charge on any atom is 0.0662 e. The smallest absolute Gasteiger partial charge is 0.0662 e. The molecule has 0 unspecified atom stereocenters. The molecule has 0 saturated heterocycles. The van der Waals surface area contributed by atoms with Gasteiger partial charge in [-0.1, -0.05) is 0 Å². The van der Waals surface area contributed by atoms with Crippen molar-refractivity contribution in [3.8, 4) is 0 Å². The molecule has 0 aliphatic heterocycles. The number of hydrogen-bond donors (Lipinski definition) is 3. The third-order valence-electron chi connectivity index (χ3n) is 0.1000. The number of aliphatic hydroxyl groups is 2. The Bertz CT molecular complexity index is 10.8. The summed E-state index contributed by atoms with van der Waals surface area (Å²) in [5.41, 5.74) is 4.50. The summed E-state index contributed by atoms with van der Waals surface area (Å²) in [4.78, 5) is 0. The predicted octanol–water partition coefficient (Wildman–Crippen LogP) is -1.45. The van der Waals surface area contributed by atoms with E-state index in [1.54, 1.807) is 0 Å². The van der Waals surface area contributed by atoms with Crippen LogP contribution in [0.4, 0.5) is 0 Å². The minimum Gasteiger partial charge on any atom is -0.394 e. The van der Waals surface area contributed by atoms with E-state index in [1.165, 1.54) is 7.05 Å². The van der Waals surface area contributed by atoms with E-state index in [0.29, 0.717) is 0 Å². The molecule has 0 atom stereocenters. The predicted molar refractivity (Wildman–Crippen MR) is 24.3 cm³/mol. The van der Waals surface area contributed by atoms with Crippen LogP contribution in [0.15, 0.2) is 0 Å². The third kappa shape index (κ3) is 41.6. The highest BCUT2D eigenvalue weighted by Crippen LogP contribution is 1.39. The summed E-state index contributed by atoms with van der Waals surface area (Å²) in [5, 5.41) is 15.2. The molecule has 0 heterocycles. The second-order valence-electron chi connectivity index (χ2n) is 0.447. The van der Waals surface area contributed by atoms with E-state index in [1.807, 2.05) is 0 Å². The zero-order valence-corrected chi connectivity index (χ0v) is 3.89. The fraction of sp³-hybridized carbons (Fsp3) is 1.00. The average Bonchev–Trinajstić information content (AvgIpc) is 1.72. The summed E-state index contributed by atoms with van der Waals surface area (Å²) in [6.45, 7) is -0.250. The second-order valence-corrected chi connectivity index (χ2v) is 0.447. The summed E-state index contributed by atoms with van der Waals surface area (Å²) in [5.74, 6) is 0. The lowest BCUT2D eigenvalue weighted by Crippen LogP contribution is -1.85. The van der Waals surface area contributed by atoms with Gasteiger partial charge in [0, 0.05) is 0 Å². The van der Waals surface area contributed by atoms with Gasteiger partial charge in [-0.3, -0.25) is 0 Å². The third-order valence-corrected chi connectivity index (χ3v) is 0.1000. The van der Waals surface area contributed by atoms with Gasteiger partial charge in [0.25, 0.3) is 0 Å². The molecule has 0 amide bonds. The molecule has 0 saturated carbocycles. The first kappa shape index (κ1) is 9.30. The fourth-order valence-corrected chi connectivity index (χ4v) is 0. The van der Waals surface area contributed by atoms with Crippen molar-refractivity contribution < 1.29 is 10.2 Å². The first-order chi connectivity index (χ1) is 2.91. The molecule has 0 bridgehead atoms. The van der Waals surface area contributed by atoms with Crippen LogP contribution in [0.25, 0.3) is 0 Å². The minimum atomic E-state index is -0.125. The highest BCUT2D eigenvalue weighted by atomic mass is 16.3. The van der Waals surface area contributed by atoms with Gasteiger partial charge in [0.1, 0.15) is 0 Å². The molecule has 6 heavy (non-hydrogen) atoms. The van der Waals surface area contributed by atoms with Gasteiger partial charge in [0.2, 0.25) is 0 Å². The lowest BCUT2D eigenvalue weighted by Gasteiger charge is -1.70. The second kappa shape index (κ2) is 20.8. The largest absolute Gasteiger partial charge is 0.394 e. The Morgan fingerprint density at radius 2 is 1.33 bits per heavy atom. The topological polar surface area (TPSA) is 66.5 Å². The fourth-order valence-electron chi connectivity index (χ4n) is 0. The molecule has 0 aromatic heterocycles. The molecule has 0 spiro atoms. The van der Waals surface area contributed by atoms with Crippen molar-refractivity contribution in [3.63, 3.8) is 0 Å². The molecule has 3 heteroatoms. The van der Waals surface area contributed by atoms with Crippen LogP contribution in [0, 0.1) is 0 Å². The van der Waals surface area contributed by atoms with Crippen molar-refractivity contribution in [2.75, 3.05) is 20.3 Å². The van der Waals surface area contributed by atoms with E-state index in [4.69, 9.17) is 10.2 Å². The van der Waals surface area contributed by atoms with Gasteiger partial charge in [-0.2, -0.15) is 0 Å². The standard InChI is InChI=1S/C2H6O2.CH5N/c3-1-2-4;1-2/h3-4H,1-2H2;2H2,1H3. The van der Waals surface area contributed by atoms with Crippen molar-refractivity contribution in [2.24, 2.45) is 5.73 Å². The van der Waals surface area contributed by atoms with Gasteiger partial charge in [0.05, 0.1) is 13.2 Å². The van der Waals surface area contributed by atoms with Gasteiger partial charge in [0.15, 0.2) is 0 Å². The van der Waals surface area contributed by atoms with Crippen molar-refractivity contribution in [1.29, 1.82) is 0 Å². The summed E-state index contributed by atoms with van der Waals surface area (Å²) >= 11 is 0. The number of rotatable bonds is 1. The Morgan fingerprint density at radius 3 is 1.33 bits per heavy atom. The Morgan fingerprint density at radius 1 is 1.17 bits per heavy atom. The van der Waals surface area contributed by atoms with Crippen LogP contribution in [0.3, 0.4) is 0 Å². The number of aliphatic hydroxyl groups excluding tert-OH is 2. The molecule has 0 aromatic rings. The van der Waals surface area contributed by atoms with E-state index in [9.17, 15) is 0 Å². The molecule has 0 radical (unpaired) electrons. The van der Waals surface area contributed by atoms with Gasteiger partial charge < -0.3 is 15.9 Å². The molecular formula is C3H11NO2. The average molecular weight is 93.1 g/mol. The van der Waals surface area contributed by atoms with Crippen molar-refractivity contribution in [1.82, 2.24) is 0 Å².